The lowest BCUT2D eigenvalue weighted by atomic mass is 9.84. The number of unbranched alkanes of at least 4 members (excludes halogenated alkanes) is 1. The van der Waals surface area contributed by atoms with E-state index < -0.39 is 17.5 Å². The van der Waals surface area contributed by atoms with E-state index in [1.165, 1.54) is 6.08 Å². The first-order valence-corrected chi connectivity index (χ1v) is 11.6. The third kappa shape index (κ3) is 8.92. The van der Waals surface area contributed by atoms with Crippen LogP contribution in [0.4, 0.5) is 5.69 Å². The van der Waals surface area contributed by atoms with E-state index in [1.54, 1.807) is 13.8 Å². The number of carbonyl (C=O) groups is 2. The Hall–Kier alpha value is -2.80. The van der Waals surface area contributed by atoms with Crippen molar-refractivity contribution in [1.29, 1.82) is 0 Å². The Bertz CT molecular complexity index is 965. The predicted octanol–water partition coefficient (Wildman–Crippen LogP) is 6.00. The Morgan fingerprint density at radius 1 is 1.21 bits per heavy atom. The number of ketones is 1. The molecule has 0 unspecified atom stereocenters. The number of ether oxygens (including phenoxy) is 1. The summed E-state index contributed by atoms with van der Waals surface area (Å²) in [7, 11) is 0. The molecule has 0 fully saturated rings. The topological polar surface area (TPSA) is 88.0 Å². The number of carbonyl (C=O) groups excluding carboxylic acids is 2. The van der Waals surface area contributed by atoms with Crippen LogP contribution >= 0.6 is 12.2 Å². The number of thiocarbonyl (C=S) groups is 1. The average molecular weight is 473 g/mol. The van der Waals surface area contributed by atoms with Crippen molar-refractivity contribution in [2.24, 2.45) is 4.99 Å². The molecule has 0 bridgehead atoms. The lowest BCUT2D eigenvalue weighted by Crippen LogP contribution is -2.19. The van der Waals surface area contributed by atoms with Gasteiger partial charge in [0.25, 0.3) is 0 Å². The minimum absolute atomic E-state index is 0.107. The molecule has 0 amide bonds. The Morgan fingerprint density at radius 3 is 2.42 bits per heavy atom. The third-order valence-electron chi connectivity index (χ3n) is 4.75. The number of anilines is 1. The number of para-hydroxylation sites is 1. The van der Waals surface area contributed by atoms with Crippen molar-refractivity contribution in [3.63, 3.8) is 0 Å². The normalized spacial score (nSPS) is 12.2. The smallest absolute Gasteiger partial charge is 0.374 e. The van der Waals surface area contributed by atoms with Gasteiger partial charge in [0.05, 0.1) is 12.2 Å². The predicted molar refractivity (Wildman–Crippen MR) is 139 cm³/mol. The molecule has 1 rings (SSSR count). The molecule has 6 nitrogen and oxygen atoms in total. The van der Waals surface area contributed by atoms with Crippen molar-refractivity contribution in [2.75, 3.05) is 11.9 Å². The zero-order valence-electron chi connectivity index (χ0n) is 20.7. The number of hydrogen-bond donors (Lipinski definition) is 2. The molecule has 7 heteroatoms. The standard InChI is InChI=1S/C26H36N2O4S/c1-8-10-14-32-24(31)23(30)19(21(29)15-17(3)4)16-27-25(33)28-22-18(9-2)12-11-13-20(22)26(5,6)7/h11-13,15-16,30H,8-10,14H2,1-7H3,(H,28,33). The lowest BCUT2D eigenvalue weighted by Gasteiger charge is -2.25. The molecule has 0 aliphatic heterocycles. The second kappa shape index (κ2) is 13.0. The van der Waals surface area contributed by atoms with Crippen LogP contribution in [0.2, 0.25) is 0 Å². The zero-order valence-corrected chi connectivity index (χ0v) is 21.6. The van der Waals surface area contributed by atoms with Gasteiger partial charge in [-0.25, -0.2) is 9.79 Å². The number of hydrogen-bond acceptors (Lipinski definition) is 5. The summed E-state index contributed by atoms with van der Waals surface area (Å²) in [6.45, 7) is 14.0. The fourth-order valence-corrected chi connectivity index (χ4v) is 3.15. The first-order chi connectivity index (χ1) is 15.4. The van der Waals surface area contributed by atoms with Crippen LogP contribution in [-0.4, -0.2) is 34.8 Å². The highest BCUT2D eigenvalue weighted by Crippen LogP contribution is 2.32. The number of aliphatic hydroxyl groups is 1. The van der Waals surface area contributed by atoms with Crippen molar-refractivity contribution >= 4 is 41.0 Å². The van der Waals surface area contributed by atoms with Crippen molar-refractivity contribution in [1.82, 2.24) is 0 Å². The van der Waals surface area contributed by atoms with Crippen LogP contribution in [-0.2, 0) is 26.2 Å². The number of esters is 1. The molecule has 0 aliphatic carbocycles. The van der Waals surface area contributed by atoms with E-state index in [0.29, 0.717) is 12.0 Å². The molecule has 33 heavy (non-hydrogen) atoms. The number of nitrogens with zero attached hydrogens (tertiary/aromatic N) is 1. The second-order valence-corrected chi connectivity index (χ2v) is 9.36. The summed E-state index contributed by atoms with van der Waals surface area (Å²) in [6, 6.07) is 6.07. The number of nitrogens with one attached hydrogen (secondary N) is 1. The van der Waals surface area contributed by atoms with Crippen LogP contribution in [0.3, 0.4) is 0 Å². The lowest BCUT2D eigenvalue weighted by molar-refractivity contribution is -0.142. The Kier molecular flexibility index (Phi) is 11.2. The van der Waals surface area contributed by atoms with Gasteiger partial charge < -0.3 is 15.2 Å². The molecule has 1 aromatic carbocycles. The minimum atomic E-state index is -0.967. The molecule has 2 N–H and O–H groups in total. The highest BCUT2D eigenvalue weighted by molar-refractivity contribution is 7.80. The van der Waals surface area contributed by atoms with Crippen LogP contribution in [0.5, 0.6) is 0 Å². The molecule has 180 valence electrons. The minimum Gasteiger partial charge on any atom is -0.501 e. The van der Waals surface area contributed by atoms with Crippen LogP contribution in [0.15, 0.2) is 46.2 Å². The largest absolute Gasteiger partial charge is 0.501 e. The van der Waals surface area contributed by atoms with Crippen LogP contribution in [0.1, 0.15) is 72.4 Å². The molecule has 0 saturated heterocycles. The molecule has 0 aliphatic rings. The summed E-state index contributed by atoms with van der Waals surface area (Å²) >= 11 is 5.40. The summed E-state index contributed by atoms with van der Waals surface area (Å²) in [6.07, 6.45) is 4.72. The van der Waals surface area contributed by atoms with Crippen molar-refractivity contribution < 1.29 is 19.4 Å². The summed E-state index contributed by atoms with van der Waals surface area (Å²) in [4.78, 5) is 29.0. The van der Waals surface area contributed by atoms with Crippen LogP contribution in [0, 0.1) is 0 Å². The molecule has 0 aromatic heterocycles. The maximum atomic E-state index is 12.6. The van der Waals surface area contributed by atoms with E-state index in [4.69, 9.17) is 17.0 Å². The van der Waals surface area contributed by atoms with Crippen molar-refractivity contribution in [3.05, 3.63) is 52.3 Å². The van der Waals surface area contributed by atoms with Crippen molar-refractivity contribution in [3.8, 4) is 0 Å². The summed E-state index contributed by atoms with van der Waals surface area (Å²) in [5, 5.41) is 13.7. The zero-order chi connectivity index (χ0) is 25.2. The molecule has 0 saturated carbocycles. The Balaban J connectivity index is 3.29. The molecule has 0 atom stereocenters. The highest BCUT2D eigenvalue weighted by atomic mass is 32.1. The van der Waals surface area contributed by atoms with Gasteiger partial charge in [0, 0.05) is 11.9 Å². The Morgan fingerprint density at radius 2 is 1.88 bits per heavy atom. The number of allylic oxidation sites excluding steroid dienone is 3. The highest BCUT2D eigenvalue weighted by Gasteiger charge is 2.21. The molecular formula is C26H36N2O4S. The Labute approximate surface area is 202 Å². The third-order valence-corrected chi connectivity index (χ3v) is 4.95. The van der Waals surface area contributed by atoms with E-state index in [9.17, 15) is 14.7 Å². The molecule has 0 spiro atoms. The van der Waals surface area contributed by atoms with E-state index in [-0.39, 0.29) is 22.7 Å². The average Bonchev–Trinajstić information content (AvgIpc) is 2.72. The molecule has 1 aromatic rings. The van der Waals surface area contributed by atoms with Gasteiger partial charge in [-0.05, 0) is 61.5 Å². The van der Waals surface area contributed by atoms with Gasteiger partial charge in [-0.2, -0.15) is 0 Å². The first-order valence-electron chi connectivity index (χ1n) is 11.2. The van der Waals surface area contributed by atoms with Gasteiger partial charge in [-0.1, -0.05) is 64.8 Å². The van der Waals surface area contributed by atoms with Crippen LogP contribution < -0.4 is 5.32 Å². The van der Waals surface area contributed by atoms with E-state index >= 15 is 0 Å². The van der Waals surface area contributed by atoms with Gasteiger partial charge >= 0.3 is 5.97 Å². The van der Waals surface area contributed by atoms with E-state index in [1.807, 2.05) is 25.1 Å². The number of benzene rings is 1. The van der Waals surface area contributed by atoms with Gasteiger partial charge in [-0.15, -0.1) is 0 Å². The second-order valence-electron chi connectivity index (χ2n) is 8.97. The summed E-state index contributed by atoms with van der Waals surface area (Å²) < 4.78 is 5.04. The number of aliphatic imine (C=N–C) groups is 1. The quantitative estimate of drug-likeness (QED) is 0.114. The SMILES string of the molecule is CCCCOC(=O)C(O)=C(C=NC(=S)Nc1c(CC)cccc1C(C)(C)C)C(=O)C=C(C)C. The molecular weight excluding hydrogens is 436 g/mol. The van der Waals surface area contributed by atoms with Gasteiger partial charge in [0.2, 0.25) is 5.76 Å². The fourth-order valence-electron chi connectivity index (χ4n) is 3.00. The number of rotatable bonds is 9. The van der Waals surface area contributed by atoms with Crippen LogP contribution in [0.25, 0.3) is 0 Å². The maximum Gasteiger partial charge on any atom is 0.374 e. The van der Waals surface area contributed by atoms with Gasteiger partial charge in [0.1, 0.15) is 0 Å². The first kappa shape index (κ1) is 28.2. The number of aryl methyl sites for hydroxylation is 1. The van der Waals surface area contributed by atoms with Crippen molar-refractivity contribution in [2.45, 2.75) is 73.1 Å². The summed E-state index contributed by atoms with van der Waals surface area (Å²) in [5.74, 6) is -2.31. The monoisotopic (exact) mass is 472 g/mol. The van der Waals surface area contributed by atoms with Gasteiger partial charge in [-0.3, -0.25) is 4.79 Å². The fraction of sp³-hybridized carbons (Fsp3) is 0.462. The number of aliphatic hydroxyl groups excluding tert-OH is 1. The molecule has 0 heterocycles. The molecule has 0 radical (unpaired) electrons. The van der Waals surface area contributed by atoms with Gasteiger partial charge in [0.15, 0.2) is 10.9 Å². The van der Waals surface area contributed by atoms with E-state index in [0.717, 1.165) is 35.9 Å². The maximum absolute atomic E-state index is 12.6. The summed E-state index contributed by atoms with van der Waals surface area (Å²) in [5.41, 5.74) is 3.35. The van der Waals surface area contributed by atoms with E-state index in [2.05, 4.69) is 38.0 Å².